The SMILES string of the molecule is O=c1ccn([C@H]2C[C@H](O)[C@@H](CO)O2)c(=O)[nH]1.c1ccc(-c2nc3ccccc3o2)cc1. The topological polar surface area (TPSA) is 131 Å². The molecule has 0 unspecified atom stereocenters. The molecule has 0 spiro atoms. The van der Waals surface area contributed by atoms with Crippen molar-refractivity contribution >= 4 is 11.1 Å². The zero-order valence-electron chi connectivity index (χ0n) is 16.4. The third kappa shape index (κ3) is 4.64. The van der Waals surface area contributed by atoms with Crippen LogP contribution in [0.2, 0.25) is 0 Å². The second-order valence-electron chi connectivity index (χ2n) is 6.98. The summed E-state index contributed by atoms with van der Waals surface area (Å²) < 4.78 is 12.1. The number of oxazole rings is 1. The van der Waals surface area contributed by atoms with E-state index in [9.17, 15) is 14.7 Å². The lowest BCUT2D eigenvalue weighted by Crippen LogP contribution is -2.31. The van der Waals surface area contributed by atoms with Crippen LogP contribution in [0.1, 0.15) is 12.6 Å². The quantitative estimate of drug-likeness (QED) is 0.457. The van der Waals surface area contributed by atoms with E-state index >= 15 is 0 Å². The molecule has 9 heteroatoms. The minimum atomic E-state index is -0.811. The molecule has 0 aliphatic carbocycles. The van der Waals surface area contributed by atoms with Gasteiger partial charge in [0.05, 0.1) is 12.7 Å². The van der Waals surface area contributed by atoms with Gasteiger partial charge in [0, 0.05) is 24.2 Å². The highest BCUT2D eigenvalue weighted by atomic mass is 16.5. The maximum atomic E-state index is 11.4. The monoisotopic (exact) mass is 423 g/mol. The highest BCUT2D eigenvalue weighted by molar-refractivity contribution is 5.75. The van der Waals surface area contributed by atoms with E-state index in [1.807, 2.05) is 54.6 Å². The van der Waals surface area contributed by atoms with Gasteiger partial charge in [0.15, 0.2) is 5.58 Å². The molecule has 1 aliphatic rings. The van der Waals surface area contributed by atoms with Gasteiger partial charge in [-0.2, -0.15) is 0 Å². The Morgan fingerprint density at radius 3 is 2.48 bits per heavy atom. The zero-order chi connectivity index (χ0) is 21.8. The lowest BCUT2D eigenvalue weighted by molar-refractivity contribution is -0.0459. The summed E-state index contributed by atoms with van der Waals surface area (Å²) in [6.07, 6.45) is -0.649. The number of hydrogen-bond acceptors (Lipinski definition) is 7. The van der Waals surface area contributed by atoms with E-state index in [0.717, 1.165) is 16.7 Å². The van der Waals surface area contributed by atoms with Gasteiger partial charge in [-0.15, -0.1) is 0 Å². The molecule has 0 saturated carbocycles. The molecule has 31 heavy (non-hydrogen) atoms. The van der Waals surface area contributed by atoms with Gasteiger partial charge >= 0.3 is 5.69 Å². The fourth-order valence-corrected chi connectivity index (χ4v) is 3.28. The Bertz CT molecular complexity index is 1230. The van der Waals surface area contributed by atoms with E-state index in [2.05, 4.69) is 9.97 Å². The predicted octanol–water partition coefficient (Wildman–Crippen LogP) is 1.67. The third-order valence-corrected chi connectivity index (χ3v) is 4.86. The van der Waals surface area contributed by atoms with Gasteiger partial charge in [0.1, 0.15) is 17.8 Å². The van der Waals surface area contributed by atoms with Crippen LogP contribution >= 0.6 is 0 Å². The molecule has 3 N–H and O–H groups in total. The molecule has 0 bridgehead atoms. The molecule has 1 aliphatic heterocycles. The smallest absolute Gasteiger partial charge is 0.330 e. The first-order valence-electron chi connectivity index (χ1n) is 9.72. The number of H-pyrrole nitrogens is 1. The van der Waals surface area contributed by atoms with Gasteiger partial charge in [-0.1, -0.05) is 30.3 Å². The molecule has 5 rings (SSSR count). The van der Waals surface area contributed by atoms with E-state index < -0.39 is 29.7 Å². The maximum Gasteiger partial charge on any atom is 0.330 e. The highest BCUT2D eigenvalue weighted by Crippen LogP contribution is 2.27. The molecule has 0 amide bonds. The van der Waals surface area contributed by atoms with Crippen LogP contribution in [0.4, 0.5) is 0 Å². The number of hydrogen-bond donors (Lipinski definition) is 3. The molecule has 0 radical (unpaired) electrons. The van der Waals surface area contributed by atoms with Crippen LogP contribution in [0.25, 0.3) is 22.6 Å². The predicted molar refractivity (Wildman–Crippen MR) is 112 cm³/mol. The summed E-state index contributed by atoms with van der Waals surface area (Å²) in [6.45, 7) is -0.310. The van der Waals surface area contributed by atoms with Crippen molar-refractivity contribution in [3.05, 3.63) is 87.7 Å². The van der Waals surface area contributed by atoms with Gasteiger partial charge in [-0.3, -0.25) is 14.3 Å². The van der Waals surface area contributed by atoms with E-state index in [1.165, 1.54) is 16.8 Å². The second kappa shape index (κ2) is 9.09. The molecule has 1 fully saturated rings. The van der Waals surface area contributed by atoms with Crippen molar-refractivity contribution in [1.29, 1.82) is 0 Å². The van der Waals surface area contributed by atoms with Crippen molar-refractivity contribution in [3.8, 4) is 11.5 Å². The van der Waals surface area contributed by atoms with Crippen molar-refractivity contribution in [2.24, 2.45) is 0 Å². The van der Waals surface area contributed by atoms with Crippen LogP contribution in [0.15, 0.2) is 80.9 Å². The van der Waals surface area contributed by atoms with Gasteiger partial charge in [0.25, 0.3) is 5.56 Å². The first kappa shape index (κ1) is 20.7. The second-order valence-corrected chi connectivity index (χ2v) is 6.98. The Morgan fingerprint density at radius 2 is 1.81 bits per heavy atom. The van der Waals surface area contributed by atoms with E-state index in [1.54, 1.807) is 0 Å². The molecule has 2 aromatic heterocycles. The molecule has 3 heterocycles. The van der Waals surface area contributed by atoms with Crippen LogP contribution in [-0.4, -0.2) is 43.6 Å². The Balaban J connectivity index is 0.000000149. The number of ether oxygens (including phenoxy) is 1. The normalized spacial score (nSPS) is 20.4. The summed E-state index contributed by atoms with van der Waals surface area (Å²) in [5.41, 5.74) is 1.66. The summed E-state index contributed by atoms with van der Waals surface area (Å²) in [4.78, 5) is 28.8. The van der Waals surface area contributed by atoms with Crippen molar-refractivity contribution < 1.29 is 19.4 Å². The molecular weight excluding hydrogens is 402 g/mol. The average molecular weight is 423 g/mol. The number of benzene rings is 2. The Morgan fingerprint density at radius 1 is 1.06 bits per heavy atom. The van der Waals surface area contributed by atoms with E-state index in [4.69, 9.17) is 14.3 Å². The number of aromatic nitrogens is 3. The summed E-state index contributed by atoms with van der Waals surface area (Å²) in [7, 11) is 0. The Hall–Kier alpha value is -3.53. The number of aromatic amines is 1. The number of nitrogens with one attached hydrogen (secondary N) is 1. The van der Waals surface area contributed by atoms with Gasteiger partial charge in [0.2, 0.25) is 5.89 Å². The van der Waals surface area contributed by atoms with Crippen molar-refractivity contribution in [3.63, 3.8) is 0 Å². The molecule has 4 aromatic rings. The van der Waals surface area contributed by atoms with Crippen LogP contribution in [-0.2, 0) is 4.74 Å². The summed E-state index contributed by atoms with van der Waals surface area (Å²) in [5, 5.41) is 18.4. The fraction of sp³-hybridized carbons (Fsp3) is 0.227. The fourth-order valence-electron chi connectivity index (χ4n) is 3.28. The zero-order valence-corrected chi connectivity index (χ0v) is 16.4. The standard InChI is InChI=1S/C13H9NO.C9H12N2O5/c1-2-6-10(7-3-1)13-14-11-8-4-5-9-12(11)15-13;12-4-6-5(13)3-8(16-6)11-2-1-7(14)10-9(11)15/h1-9H;1-2,5-6,8,12-13H,3-4H2,(H,10,14,15)/t;5-,6+,8+/m.0/s1. The van der Waals surface area contributed by atoms with Crippen LogP contribution in [0.3, 0.4) is 0 Å². The molecule has 1 saturated heterocycles. The van der Waals surface area contributed by atoms with Gasteiger partial charge in [-0.25, -0.2) is 9.78 Å². The number of nitrogens with zero attached hydrogens (tertiary/aromatic N) is 2. The van der Waals surface area contributed by atoms with Crippen molar-refractivity contribution in [2.45, 2.75) is 24.9 Å². The molecule has 9 nitrogen and oxygen atoms in total. The van der Waals surface area contributed by atoms with E-state index in [-0.39, 0.29) is 13.0 Å². The highest BCUT2D eigenvalue weighted by Gasteiger charge is 2.34. The van der Waals surface area contributed by atoms with Crippen molar-refractivity contribution in [2.75, 3.05) is 6.61 Å². The largest absolute Gasteiger partial charge is 0.436 e. The molecule has 2 aromatic carbocycles. The number of aliphatic hydroxyl groups excluding tert-OH is 2. The minimum Gasteiger partial charge on any atom is -0.436 e. The summed E-state index contributed by atoms with van der Waals surface area (Å²) >= 11 is 0. The summed E-state index contributed by atoms with van der Waals surface area (Å²) in [5.74, 6) is 0.678. The van der Waals surface area contributed by atoms with Crippen LogP contribution in [0, 0.1) is 0 Å². The summed E-state index contributed by atoms with van der Waals surface area (Å²) in [6, 6.07) is 18.9. The lowest BCUT2D eigenvalue weighted by Gasteiger charge is -2.13. The molecule has 3 atom stereocenters. The van der Waals surface area contributed by atoms with Gasteiger partial charge in [-0.05, 0) is 24.3 Å². The van der Waals surface area contributed by atoms with E-state index in [0.29, 0.717) is 5.89 Å². The van der Waals surface area contributed by atoms with Gasteiger partial charge < -0.3 is 19.4 Å². The first-order chi connectivity index (χ1) is 15.0. The Kier molecular flexibility index (Phi) is 6.08. The lowest BCUT2D eigenvalue weighted by atomic mass is 10.2. The number of aliphatic hydroxyl groups is 2. The maximum absolute atomic E-state index is 11.4. The Labute approximate surface area is 176 Å². The van der Waals surface area contributed by atoms with Crippen LogP contribution < -0.4 is 11.2 Å². The number of rotatable bonds is 3. The minimum absolute atomic E-state index is 0.206. The van der Waals surface area contributed by atoms with Crippen molar-refractivity contribution in [1.82, 2.24) is 14.5 Å². The van der Waals surface area contributed by atoms with Crippen LogP contribution in [0.5, 0.6) is 0 Å². The molecular formula is C22H21N3O6. The average Bonchev–Trinajstić information content (AvgIpc) is 3.38. The third-order valence-electron chi connectivity index (χ3n) is 4.86. The number of para-hydroxylation sites is 2. The molecule has 160 valence electrons. The first-order valence-corrected chi connectivity index (χ1v) is 9.72. The number of fused-ring (bicyclic) bond motifs is 1.